The summed E-state index contributed by atoms with van der Waals surface area (Å²) in [7, 11) is 0. The fourth-order valence-electron chi connectivity index (χ4n) is 1.39. The third-order valence-electron chi connectivity index (χ3n) is 2.22. The molecule has 0 fully saturated rings. The first-order valence-electron chi connectivity index (χ1n) is 4.77. The van der Waals surface area contributed by atoms with E-state index in [-0.39, 0.29) is 0 Å². The van der Waals surface area contributed by atoms with Gasteiger partial charge in [-0.2, -0.15) is 10.4 Å². The van der Waals surface area contributed by atoms with Crippen LogP contribution in [0.15, 0.2) is 36.5 Å². The van der Waals surface area contributed by atoms with Crippen molar-refractivity contribution in [3.8, 4) is 6.07 Å². The standard InChI is InChI=1S/C12H11N3/c1-10-2-4-11(5-3-10)9-15-7-6-12(8-13)14-15/h2-7H,9H2,1H3. The van der Waals surface area contributed by atoms with Crippen molar-refractivity contribution < 1.29 is 0 Å². The molecule has 0 spiro atoms. The molecule has 15 heavy (non-hydrogen) atoms. The van der Waals surface area contributed by atoms with Gasteiger partial charge in [0.2, 0.25) is 0 Å². The third kappa shape index (κ3) is 2.23. The predicted octanol–water partition coefficient (Wildman–Crippen LogP) is 2.11. The van der Waals surface area contributed by atoms with Crippen LogP contribution >= 0.6 is 0 Å². The van der Waals surface area contributed by atoms with Gasteiger partial charge in [-0.05, 0) is 18.6 Å². The van der Waals surface area contributed by atoms with Gasteiger partial charge < -0.3 is 0 Å². The summed E-state index contributed by atoms with van der Waals surface area (Å²) in [4.78, 5) is 0. The maximum absolute atomic E-state index is 8.63. The Hall–Kier alpha value is -2.08. The molecule has 0 atom stereocenters. The summed E-state index contributed by atoms with van der Waals surface area (Å²) in [5.74, 6) is 0. The van der Waals surface area contributed by atoms with E-state index in [0.29, 0.717) is 12.2 Å². The molecule has 0 saturated carbocycles. The average molecular weight is 197 g/mol. The highest BCUT2D eigenvalue weighted by atomic mass is 15.3. The summed E-state index contributed by atoms with van der Waals surface area (Å²) in [6.07, 6.45) is 1.82. The summed E-state index contributed by atoms with van der Waals surface area (Å²) < 4.78 is 1.77. The molecule has 1 aromatic carbocycles. The fourth-order valence-corrected chi connectivity index (χ4v) is 1.39. The van der Waals surface area contributed by atoms with Crippen LogP contribution < -0.4 is 0 Å². The van der Waals surface area contributed by atoms with Gasteiger partial charge in [0.15, 0.2) is 5.69 Å². The molecule has 0 aliphatic heterocycles. The van der Waals surface area contributed by atoms with Crippen LogP contribution in [0.1, 0.15) is 16.8 Å². The average Bonchev–Trinajstić information content (AvgIpc) is 2.69. The molecule has 0 bridgehead atoms. The highest BCUT2D eigenvalue weighted by molar-refractivity contribution is 5.22. The Labute approximate surface area is 88.6 Å². The molecule has 0 aliphatic carbocycles. The second kappa shape index (κ2) is 3.97. The lowest BCUT2D eigenvalue weighted by atomic mass is 10.1. The molecule has 2 aromatic rings. The number of benzene rings is 1. The summed E-state index contributed by atoms with van der Waals surface area (Å²) in [6.45, 7) is 2.77. The quantitative estimate of drug-likeness (QED) is 0.739. The van der Waals surface area contributed by atoms with Gasteiger partial charge >= 0.3 is 0 Å². The largest absolute Gasteiger partial charge is 0.267 e. The van der Waals surface area contributed by atoms with E-state index >= 15 is 0 Å². The van der Waals surface area contributed by atoms with E-state index in [9.17, 15) is 0 Å². The molecule has 0 aliphatic rings. The van der Waals surface area contributed by atoms with Crippen molar-refractivity contribution in [3.63, 3.8) is 0 Å². The van der Waals surface area contributed by atoms with Crippen molar-refractivity contribution in [2.75, 3.05) is 0 Å². The van der Waals surface area contributed by atoms with E-state index in [2.05, 4.69) is 36.3 Å². The molecule has 74 valence electrons. The summed E-state index contributed by atoms with van der Waals surface area (Å²) >= 11 is 0. The van der Waals surface area contributed by atoms with E-state index in [1.807, 2.05) is 12.3 Å². The zero-order chi connectivity index (χ0) is 10.7. The van der Waals surface area contributed by atoms with Crippen molar-refractivity contribution >= 4 is 0 Å². The van der Waals surface area contributed by atoms with E-state index in [1.165, 1.54) is 11.1 Å². The van der Waals surface area contributed by atoms with Crippen LogP contribution in [0.25, 0.3) is 0 Å². The number of nitriles is 1. The Morgan fingerprint density at radius 1 is 1.27 bits per heavy atom. The Morgan fingerprint density at radius 3 is 2.60 bits per heavy atom. The van der Waals surface area contributed by atoms with E-state index < -0.39 is 0 Å². The highest BCUT2D eigenvalue weighted by Gasteiger charge is 1.98. The zero-order valence-corrected chi connectivity index (χ0v) is 8.51. The van der Waals surface area contributed by atoms with Gasteiger partial charge in [-0.3, -0.25) is 4.68 Å². The maximum Gasteiger partial charge on any atom is 0.162 e. The van der Waals surface area contributed by atoms with Crippen LogP contribution in [-0.4, -0.2) is 9.78 Å². The minimum absolute atomic E-state index is 0.460. The van der Waals surface area contributed by atoms with Gasteiger partial charge in [-0.15, -0.1) is 0 Å². The monoisotopic (exact) mass is 197 g/mol. The number of hydrogen-bond acceptors (Lipinski definition) is 2. The second-order valence-electron chi connectivity index (χ2n) is 3.50. The third-order valence-corrected chi connectivity index (χ3v) is 2.22. The molecule has 0 radical (unpaired) electrons. The van der Waals surface area contributed by atoms with Gasteiger partial charge in [0.1, 0.15) is 6.07 Å². The first-order chi connectivity index (χ1) is 7.28. The molecule has 0 saturated heterocycles. The van der Waals surface area contributed by atoms with Crippen molar-refractivity contribution in [2.45, 2.75) is 13.5 Å². The molecule has 3 nitrogen and oxygen atoms in total. The smallest absolute Gasteiger partial charge is 0.162 e. The Balaban J connectivity index is 2.15. The second-order valence-corrected chi connectivity index (χ2v) is 3.50. The minimum Gasteiger partial charge on any atom is -0.267 e. The number of rotatable bonds is 2. The van der Waals surface area contributed by atoms with Crippen LogP contribution in [0.3, 0.4) is 0 Å². The number of aromatic nitrogens is 2. The topological polar surface area (TPSA) is 41.6 Å². The SMILES string of the molecule is Cc1ccc(Cn2ccc(C#N)n2)cc1. The van der Waals surface area contributed by atoms with E-state index in [1.54, 1.807) is 10.7 Å². The molecule has 1 heterocycles. The maximum atomic E-state index is 8.63. The van der Waals surface area contributed by atoms with Gasteiger partial charge in [-0.25, -0.2) is 0 Å². The molecule has 0 unspecified atom stereocenters. The number of hydrogen-bond donors (Lipinski definition) is 0. The van der Waals surface area contributed by atoms with Gasteiger partial charge in [0.05, 0.1) is 6.54 Å². The van der Waals surface area contributed by atoms with Gasteiger partial charge in [-0.1, -0.05) is 29.8 Å². The van der Waals surface area contributed by atoms with Crippen LogP contribution in [0.2, 0.25) is 0 Å². The molecule has 2 rings (SSSR count). The number of aryl methyl sites for hydroxylation is 1. The van der Waals surface area contributed by atoms with Crippen molar-refractivity contribution in [1.29, 1.82) is 5.26 Å². The molecule has 0 N–H and O–H groups in total. The van der Waals surface area contributed by atoms with Crippen molar-refractivity contribution in [1.82, 2.24) is 9.78 Å². The van der Waals surface area contributed by atoms with Gasteiger partial charge in [0, 0.05) is 6.20 Å². The Bertz CT molecular complexity index is 488. The molecule has 0 amide bonds. The van der Waals surface area contributed by atoms with E-state index in [0.717, 1.165) is 0 Å². The molecular weight excluding hydrogens is 186 g/mol. The van der Waals surface area contributed by atoms with Crippen LogP contribution in [0, 0.1) is 18.3 Å². The molecule has 3 heteroatoms. The first-order valence-corrected chi connectivity index (χ1v) is 4.77. The predicted molar refractivity (Wildman–Crippen MR) is 57.2 cm³/mol. The lowest BCUT2D eigenvalue weighted by molar-refractivity contribution is 0.684. The zero-order valence-electron chi connectivity index (χ0n) is 8.51. The van der Waals surface area contributed by atoms with Crippen molar-refractivity contribution in [3.05, 3.63) is 53.3 Å². The van der Waals surface area contributed by atoms with Crippen LogP contribution in [0.4, 0.5) is 0 Å². The fraction of sp³-hybridized carbons (Fsp3) is 0.167. The lowest BCUT2D eigenvalue weighted by Gasteiger charge is -2.01. The number of nitrogens with zero attached hydrogens (tertiary/aromatic N) is 3. The molecule has 1 aromatic heterocycles. The normalized spacial score (nSPS) is 9.87. The first kappa shape index (κ1) is 9.47. The summed E-state index contributed by atoms with van der Waals surface area (Å²) in [5, 5.41) is 12.7. The lowest BCUT2D eigenvalue weighted by Crippen LogP contribution is -2.00. The molecular formula is C12H11N3. The van der Waals surface area contributed by atoms with Crippen molar-refractivity contribution in [2.24, 2.45) is 0 Å². The Morgan fingerprint density at radius 2 is 2.00 bits per heavy atom. The summed E-state index contributed by atoms with van der Waals surface area (Å²) in [6, 6.07) is 12.0. The summed E-state index contributed by atoms with van der Waals surface area (Å²) in [5.41, 5.74) is 2.90. The van der Waals surface area contributed by atoms with Crippen LogP contribution in [0.5, 0.6) is 0 Å². The minimum atomic E-state index is 0.460. The highest BCUT2D eigenvalue weighted by Crippen LogP contribution is 2.05. The van der Waals surface area contributed by atoms with Crippen LogP contribution in [-0.2, 0) is 6.54 Å². The van der Waals surface area contributed by atoms with E-state index in [4.69, 9.17) is 5.26 Å². The Kier molecular flexibility index (Phi) is 2.51. The van der Waals surface area contributed by atoms with Gasteiger partial charge in [0.25, 0.3) is 0 Å².